The zero-order valence-electron chi connectivity index (χ0n) is 13.9. The molecule has 0 bridgehead atoms. The third-order valence-electron chi connectivity index (χ3n) is 3.44. The van der Waals surface area contributed by atoms with Gasteiger partial charge in [-0.15, -0.1) is 0 Å². The Labute approximate surface area is 147 Å². The molecule has 1 N–H and O–H groups in total. The first-order valence-electron chi connectivity index (χ1n) is 7.35. The number of carbonyl (C=O) groups excluding carboxylic acids is 3. The van der Waals surface area contributed by atoms with E-state index in [2.05, 4.69) is 0 Å². The molecule has 2 amide bonds. The average Bonchev–Trinajstić information content (AvgIpc) is 2.86. The summed E-state index contributed by atoms with van der Waals surface area (Å²) in [6.45, 7) is 1.71. The Balaban J connectivity index is 2.41. The van der Waals surface area contributed by atoms with Crippen molar-refractivity contribution in [3.05, 3.63) is 39.6 Å². The van der Waals surface area contributed by atoms with E-state index in [0.29, 0.717) is 5.69 Å². The number of aryl methyl sites for hydroxylation is 1. The Morgan fingerprint density at radius 2 is 2.12 bits per heavy atom. The maximum absolute atomic E-state index is 12.0. The van der Waals surface area contributed by atoms with Crippen LogP contribution in [0.5, 0.6) is 0 Å². The summed E-state index contributed by atoms with van der Waals surface area (Å²) in [5.74, 6) is -1.69. The van der Waals surface area contributed by atoms with Crippen LogP contribution in [-0.4, -0.2) is 36.5 Å². The number of anilines is 1. The number of ether oxygens (including phenoxy) is 1. The molecule has 1 aromatic heterocycles. The third-order valence-corrected chi connectivity index (χ3v) is 4.43. The van der Waals surface area contributed by atoms with Crippen LogP contribution in [0.25, 0.3) is 10.2 Å². The first-order valence-corrected chi connectivity index (χ1v) is 8.16. The van der Waals surface area contributed by atoms with E-state index >= 15 is 0 Å². The van der Waals surface area contributed by atoms with Gasteiger partial charge >= 0.3 is 10.8 Å². The van der Waals surface area contributed by atoms with Crippen LogP contribution in [0.15, 0.2) is 34.8 Å². The minimum Gasteiger partial charge on any atom is -0.462 e. The molecule has 0 aliphatic heterocycles. The van der Waals surface area contributed by atoms with E-state index in [0.717, 1.165) is 21.6 Å². The number of nitrogens with one attached hydrogen (secondary N) is 1. The van der Waals surface area contributed by atoms with Crippen molar-refractivity contribution in [2.45, 2.75) is 6.92 Å². The second kappa shape index (κ2) is 7.75. The Kier molecular flexibility index (Phi) is 5.71. The minimum absolute atomic E-state index is 0.0806. The maximum Gasteiger partial charge on any atom is 0.345 e. The number of imide groups is 1. The molecule has 0 atom stereocenters. The SMILES string of the molecule is CCOC(=O)/C(=C/N(C)c1ccc2c(c1)sc(=O)n2C)C(=O)NC=O. The van der Waals surface area contributed by atoms with Gasteiger partial charge in [-0.1, -0.05) is 11.3 Å². The molecule has 8 nitrogen and oxygen atoms in total. The second-order valence-corrected chi connectivity index (χ2v) is 6.04. The number of thiazole rings is 1. The minimum atomic E-state index is -0.856. The molecule has 0 radical (unpaired) electrons. The fraction of sp³-hybridized carbons (Fsp3) is 0.250. The van der Waals surface area contributed by atoms with Gasteiger partial charge in [-0.3, -0.25) is 19.7 Å². The lowest BCUT2D eigenvalue weighted by Gasteiger charge is -2.16. The largest absolute Gasteiger partial charge is 0.462 e. The third kappa shape index (κ3) is 3.94. The van der Waals surface area contributed by atoms with Crippen molar-refractivity contribution >= 4 is 45.5 Å². The fourth-order valence-electron chi connectivity index (χ4n) is 2.15. The second-order valence-electron chi connectivity index (χ2n) is 5.04. The number of hydrogen-bond acceptors (Lipinski definition) is 7. The molecular formula is C16H17N3O5S. The highest BCUT2D eigenvalue weighted by Gasteiger charge is 2.20. The van der Waals surface area contributed by atoms with E-state index in [1.807, 2.05) is 5.32 Å². The molecule has 1 aromatic carbocycles. The summed E-state index contributed by atoms with van der Waals surface area (Å²) in [5.41, 5.74) is 1.15. The molecule has 0 aliphatic carbocycles. The lowest BCUT2D eigenvalue weighted by molar-refractivity contribution is -0.140. The summed E-state index contributed by atoms with van der Waals surface area (Å²) in [6, 6.07) is 5.31. The van der Waals surface area contributed by atoms with Crippen molar-refractivity contribution < 1.29 is 19.1 Å². The Hall–Kier alpha value is -2.94. The van der Waals surface area contributed by atoms with Crippen molar-refractivity contribution in [1.82, 2.24) is 9.88 Å². The maximum atomic E-state index is 12.0. The quantitative estimate of drug-likeness (QED) is 0.267. The highest BCUT2D eigenvalue weighted by atomic mass is 32.1. The molecule has 9 heteroatoms. The zero-order chi connectivity index (χ0) is 18.6. The van der Waals surface area contributed by atoms with Gasteiger partial charge in [0.15, 0.2) is 0 Å². The number of nitrogens with zero attached hydrogens (tertiary/aromatic N) is 2. The van der Waals surface area contributed by atoms with Gasteiger partial charge in [-0.05, 0) is 25.1 Å². The number of benzene rings is 1. The van der Waals surface area contributed by atoms with Gasteiger partial charge in [0.2, 0.25) is 6.41 Å². The van der Waals surface area contributed by atoms with Gasteiger partial charge in [0.1, 0.15) is 5.57 Å². The molecule has 0 aliphatic rings. The highest BCUT2D eigenvalue weighted by Crippen LogP contribution is 2.23. The smallest absolute Gasteiger partial charge is 0.345 e. The van der Waals surface area contributed by atoms with E-state index in [1.165, 1.54) is 6.20 Å². The van der Waals surface area contributed by atoms with Gasteiger partial charge < -0.3 is 14.2 Å². The Bertz CT molecular complexity index is 912. The molecule has 0 spiro atoms. The van der Waals surface area contributed by atoms with Crippen molar-refractivity contribution in [2.24, 2.45) is 7.05 Å². The van der Waals surface area contributed by atoms with Crippen molar-refractivity contribution in [1.29, 1.82) is 0 Å². The molecule has 132 valence electrons. The monoisotopic (exact) mass is 363 g/mol. The first-order chi connectivity index (χ1) is 11.9. The highest BCUT2D eigenvalue weighted by molar-refractivity contribution is 7.16. The van der Waals surface area contributed by atoms with E-state index in [1.54, 1.807) is 48.7 Å². The van der Waals surface area contributed by atoms with Crippen LogP contribution in [-0.2, 0) is 26.2 Å². The first kappa shape index (κ1) is 18.4. The molecule has 0 saturated heterocycles. The predicted molar refractivity (Wildman–Crippen MR) is 94.4 cm³/mol. The van der Waals surface area contributed by atoms with Gasteiger partial charge in [0.05, 0.1) is 16.8 Å². The van der Waals surface area contributed by atoms with E-state index in [4.69, 9.17) is 4.74 Å². The van der Waals surface area contributed by atoms with Crippen molar-refractivity contribution in [3.8, 4) is 0 Å². The summed E-state index contributed by atoms with van der Waals surface area (Å²) in [7, 11) is 3.33. The summed E-state index contributed by atoms with van der Waals surface area (Å²) < 4.78 is 7.17. The number of amides is 2. The standard InChI is InChI=1S/C16H17N3O5S/c1-4-24-15(22)11(14(21)17-9-20)8-18(2)10-5-6-12-13(7-10)25-16(23)19(12)3/h5-9H,4H2,1-3H3,(H,17,20,21)/b11-8+. The van der Waals surface area contributed by atoms with Gasteiger partial charge in [-0.2, -0.15) is 0 Å². The topological polar surface area (TPSA) is 97.7 Å². The lowest BCUT2D eigenvalue weighted by Crippen LogP contribution is -2.30. The van der Waals surface area contributed by atoms with E-state index in [9.17, 15) is 19.2 Å². The molecule has 0 unspecified atom stereocenters. The summed E-state index contributed by atoms with van der Waals surface area (Å²) in [6.07, 6.45) is 1.48. The molecule has 0 saturated carbocycles. The van der Waals surface area contributed by atoms with E-state index < -0.39 is 11.9 Å². The molecule has 2 aromatic rings. The number of carbonyl (C=O) groups is 3. The van der Waals surface area contributed by atoms with Crippen molar-refractivity contribution in [2.75, 3.05) is 18.6 Å². The molecule has 2 rings (SSSR count). The van der Waals surface area contributed by atoms with Crippen LogP contribution in [0.3, 0.4) is 0 Å². The normalized spacial score (nSPS) is 11.2. The molecule has 0 fully saturated rings. The summed E-state index contributed by atoms with van der Waals surface area (Å²) in [5, 5.41) is 1.92. The van der Waals surface area contributed by atoms with Crippen LogP contribution in [0.1, 0.15) is 6.92 Å². The van der Waals surface area contributed by atoms with Gasteiger partial charge in [0, 0.05) is 26.0 Å². The number of hydrogen-bond donors (Lipinski definition) is 1. The van der Waals surface area contributed by atoms with Crippen LogP contribution < -0.4 is 15.1 Å². The Morgan fingerprint density at radius 1 is 1.40 bits per heavy atom. The number of aromatic nitrogens is 1. The molecular weight excluding hydrogens is 346 g/mol. The van der Waals surface area contributed by atoms with Crippen LogP contribution in [0, 0.1) is 0 Å². The van der Waals surface area contributed by atoms with E-state index in [-0.39, 0.29) is 23.5 Å². The lowest BCUT2D eigenvalue weighted by atomic mass is 10.2. The number of fused-ring (bicyclic) bond motifs is 1. The summed E-state index contributed by atoms with van der Waals surface area (Å²) >= 11 is 1.10. The summed E-state index contributed by atoms with van der Waals surface area (Å²) in [4.78, 5) is 47.5. The van der Waals surface area contributed by atoms with Crippen LogP contribution in [0.4, 0.5) is 5.69 Å². The van der Waals surface area contributed by atoms with Crippen LogP contribution >= 0.6 is 11.3 Å². The molecule has 25 heavy (non-hydrogen) atoms. The predicted octanol–water partition coefficient (Wildman–Crippen LogP) is 0.756. The Morgan fingerprint density at radius 3 is 2.76 bits per heavy atom. The van der Waals surface area contributed by atoms with Crippen molar-refractivity contribution in [3.63, 3.8) is 0 Å². The number of rotatable bonds is 6. The van der Waals surface area contributed by atoms with Gasteiger partial charge in [0.25, 0.3) is 5.91 Å². The van der Waals surface area contributed by atoms with Gasteiger partial charge in [-0.25, -0.2) is 4.79 Å². The average molecular weight is 363 g/mol. The fourth-order valence-corrected chi connectivity index (χ4v) is 3.07. The molecule has 1 heterocycles. The van der Waals surface area contributed by atoms with Crippen LogP contribution in [0.2, 0.25) is 0 Å². The number of esters is 1. The zero-order valence-corrected chi connectivity index (χ0v) is 14.8.